The summed E-state index contributed by atoms with van der Waals surface area (Å²) in [5, 5.41) is 7.89. The highest BCUT2D eigenvalue weighted by atomic mass is 19.4. The molecule has 0 atom stereocenters. The van der Waals surface area contributed by atoms with Gasteiger partial charge in [0, 0.05) is 35.9 Å². The Hall–Kier alpha value is -3.78. The summed E-state index contributed by atoms with van der Waals surface area (Å²) in [6.07, 6.45) is -1.27. The third-order valence-corrected chi connectivity index (χ3v) is 6.11. The number of fused-ring (bicyclic) bond motifs is 2. The number of nitrogens with zero attached hydrogens (tertiary/aromatic N) is 1. The average molecular weight is 494 g/mol. The lowest BCUT2D eigenvalue weighted by atomic mass is 10.0. The number of alkyl halides is 3. The van der Waals surface area contributed by atoms with E-state index in [9.17, 15) is 13.2 Å². The van der Waals surface area contributed by atoms with E-state index in [0.29, 0.717) is 18.5 Å². The van der Waals surface area contributed by atoms with Gasteiger partial charge < -0.3 is 20.1 Å². The Bertz CT molecular complexity index is 1360. The number of rotatable bonds is 9. The predicted octanol–water partition coefficient (Wildman–Crippen LogP) is 6.16. The molecule has 3 aromatic carbocycles. The molecule has 0 saturated heterocycles. The second-order valence-electron chi connectivity index (χ2n) is 8.69. The monoisotopic (exact) mass is 493 g/mol. The van der Waals surface area contributed by atoms with E-state index in [2.05, 4.69) is 15.6 Å². The Balaban J connectivity index is 1.15. The van der Waals surface area contributed by atoms with Crippen LogP contribution in [0.15, 0.2) is 72.9 Å². The van der Waals surface area contributed by atoms with E-state index < -0.39 is 11.7 Å². The van der Waals surface area contributed by atoms with Crippen molar-refractivity contribution < 1.29 is 22.6 Å². The van der Waals surface area contributed by atoms with Crippen molar-refractivity contribution in [2.24, 2.45) is 0 Å². The largest absolute Gasteiger partial charge is 0.454 e. The van der Waals surface area contributed by atoms with Crippen LogP contribution in [0.4, 0.5) is 18.9 Å². The molecule has 1 aliphatic rings. The van der Waals surface area contributed by atoms with E-state index in [1.807, 2.05) is 42.5 Å². The van der Waals surface area contributed by atoms with Crippen molar-refractivity contribution in [1.29, 1.82) is 0 Å². The van der Waals surface area contributed by atoms with Crippen LogP contribution in [0, 0.1) is 0 Å². The molecule has 0 aliphatic carbocycles. The van der Waals surface area contributed by atoms with Crippen LogP contribution in [0.25, 0.3) is 10.9 Å². The lowest BCUT2D eigenvalue weighted by Gasteiger charge is -2.12. The molecule has 0 radical (unpaired) electrons. The van der Waals surface area contributed by atoms with Crippen molar-refractivity contribution in [2.45, 2.75) is 25.6 Å². The molecule has 0 fully saturated rings. The van der Waals surface area contributed by atoms with E-state index >= 15 is 0 Å². The van der Waals surface area contributed by atoms with Crippen molar-refractivity contribution in [3.05, 3.63) is 95.2 Å². The Kier molecular flexibility index (Phi) is 6.95. The van der Waals surface area contributed by atoms with Crippen LogP contribution in [0.2, 0.25) is 0 Å². The highest BCUT2D eigenvalue weighted by Gasteiger charge is 2.30. The number of para-hydroxylation sites is 1. The van der Waals surface area contributed by atoms with Crippen molar-refractivity contribution in [3.63, 3.8) is 0 Å². The zero-order valence-electron chi connectivity index (χ0n) is 19.6. The maximum absolute atomic E-state index is 13.0. The standard InChI is InChI=1S/C28H26F3N3O2/c29-28(30,31)22-6-1-4-19(15-22)14-20-8-9-23-24(10-13-34-25(23)16-20)33-12-3-11-32-17-21-5-2-7-26-27(21)36-18-35-26/h1-2,4-10,13,15-16,32H,3,11-12,14,17-18H2,(H,33,34). The molecule has 0 spiro atoms. The van der Waals surface area contributed by atoms with Gasteiger partial charge in [-0.25, -0.2) is 0 Å². The molecule has 0 unspecified atom stereocenters. The van der Waals surface area contributed by atoms with E-state index in [4.69, 9.17) is 9.47 Å². The summed E-state index contributed by atoms with van der Waals surface area (Å²) in [5.74, 6) is 1.61. The molecule has 2 heterocycles. The SMILES string of the molecule is FC(F)(F)c1cccc(Cc2ccc3c(NCCCNCc4cccc5c4OCO5)ccnc3c2)c1. The Labute approximate surface area is 207 Å². The van der Waals surface area contributed by atoms with Gasteiger partial charge in [0.05, 0.1) is 11.1 Å². The second kappa shape index (κ2) is 10.5. The van der Waals surface area contributed by atoms with Gasteiger partial charge in [0.15, 0.2) is 11.5 Å². The fourth-order valence-electron chi connectivity index (χ4n) is 4.34. The second-order valence-corrected chi connectivity index (χ2v) is 8.69. The van der Waals surface area contributed by atoms with Crippen LogP contribution in [-0.2, 0) is 19.1 Å². The quantitative estimate of drug-likeness (QED) is 0.273. The van der Waals surface area contributed by atoms with E-state index in [1.54, 1.807) is 12.3 Å². The van der Waals surface area contributed by atoms with Gasteiger partial charge in [-0.1, -0.05) is 42.5 Å². The number of pyridine rings is 1. The summed E-state index contributed by atoms with van der Waals surface area (Å²) in [5.41, 5.74) is 3.77. The van der Waals surface area contributed by atoms with Gasteiger partial charge >= 0.3 is 6.18 Å². The predicted molar refractivity (Wildman–Crippen MR) is 133 cm³/mol. The summed E-state index contributed by atoms with van der Waals surface area (Å²) in [6.45, 7) is 2.59. The van der Waals surface area contributed by atoms with Crippen molar-refractivity contribution in [3.8, 4) is 11.5 Å². The third-order valence-electron chi connectivity index (χ3n) is 6.11. The molecule has 186 valence electrons. The molecular weight excluding hydrogens is 467 g/mol. The minimum absolute atomic E-state index is 0.267. The van der Waals surface area contributed by atoms with Crippen molar-refractivity contribution in [2.75, 3.05) is 25.2 Å². The smallest absolute Gasteiger partial charge is 0.416 e. The first-order valence-electron chi connectivity index (χ1n) is 11.8. The lowest BCUT2D eigenvalue weighted by molar-refractivity contribution is -0.137. The minimum Gasteiger partial charge on any atom is -0.454 e. The number of anilines is 1. The summed E-state index contributed by atoms with van der Waals surface area (Å²) in [6, 6.07) is 19.2. The topological polar surface area (TPSA) is 55.4 Å². The van der Waals surface area contributed by atoms with E-state index in [-0.39, 0.29) is 6.79 Å². The third kappa shape index (κ3) is 5.54. The van der Waals surface area contributed by atoms with Gasteiger partial charge in [-0.2, -0.15) is 13.2 Å². The van der Waals surface area contributed by atoms with Crippen LogP contribution in [0.3, 0.4) is 0 Å². The molecule has 0 bridgehead atoms. The minimum atomic E-state index is -4.35. The number of aromatic nitrogens is 1. The van der Waals surface area contributed by atoms with E-state index in [0.717, 1.165) is 64.8 Å². The van der Waals surface area contributed by atoms with Crippen LogP contribution in [0.1, 0.15) is 28.7 Å². The number of halogens is 3. The molecule has 1 aliphatic heterocycles. The van der Waals surface area contributed by atoms with Gasteiger partial charge in [0.1, 0.15) is 0 Å². The maximum atomic E-state index is 13.0. The zero-order chi connectivity index (χ0) is 25.0. The first-order valence-corrected chi connectivity index (χ1v) is 11.8. The summed E-state index contributed by atoms with van der Waals surface area (Å²) in [4.78, 5) is 4.47. The van der Waals surface area contributed by atoms with Gasteiger partial charge in [-0.15, -0.1) is 0 Å². The number of benzene rings is 3. The van der Waals surface area contributed by atoms with Gasteiger partial charge in [0.25, 0.3) is 0 Å². The van der Waals surface area contributed by atoms with Crippen LogP contribution >= 0.6 is 0 Å². The lowest BCUT2D eigenvalue weighted by Crippen LogP contribution is -2.18. The Morgan fingerprint density at radius 3 is 2.64 bits per heavy atom. The normalized spacial score (nSPS) is 12.8. The number of hydrogen-bond donors (Lipinski definition) is 2. The van der Waals surface area contributed by atoms with E-state index in [1.165, 1.54) is 12.1 Å². The molecule has 0 amide bonds. The number of nitrogens with one attached hydrogen (secondary N) is 2. The Morgan fingerprint density at radius 2 is 1.75 bits per heavy atom. The van der Waals surface area contributed by atoms with Crippen LogP contribution in [-0.4, -0.2) is 24.9 Å². The Morgan fingerprint density at radius 1 is 0.889 bits per heavy atom. The summed E-state index contributed by atoms with van der Waals surface area (Å²) < 4.78 is 50.0. The molecule has 0 saturated carbocycles. The molecule has 4 aromatic rings. The van der Waals surface area contributed by atoms with Gasteiger partial charge in [-0.3, -0.25) is 4.98 Å². The van der Waals surface area contributed by atoms with Crippen LogP contribution in [0.5, 0.6) is 11.5 Å². The summed E-state index contributed by atoms with van der Waals surface area (Å²) >= 11 is 0. The molecule has 5 nitrogen and oxygen atoms in total. The molecular formula is C28H26F3N3O2. The summed E-state index contributed by atoms with van der Waals surface area (Å²) in [7, 11) is 0. The first kappa shape index (κ1) is 23.9. The number of hydrogen-bond acceptors (Lipinski definition) is 5. The number of ether oxygens (including phenoxy) is 2. The molecule has 5 rings (SSSR count). The average Bonchev–Trinajstić information content (AvgIpc) is 3.35. The van der Waals surface area contributed by atoms with Crippen molar-refractivity contribution >= 4 is 16.6 Å². The first-order chi connectivity index (χ1) is 17.5. The fraction of sp³-hybridized carbons (Fsp3) is 0.250. The van der Waals surface area contributed by atoms with Crippen LogP contribution < -0.4 is 20.1 Å². The molecule has 1 aromatic heterocycles. The maximum Gasteiger partial charge on any atom is 0.416 e. The van der Waals surface area contributed by atoms with Gasteiger partial charge in [-0.05, 0) is 54.8 Å². The fourth-order valence-corrected chi connectivity index (χ4v) is 4.34. The highest BCUT2D eigenvalue weighted by Crippen LogP contribution is 2.35. The zero-order valence-corrected chi connectivity index (χ0v) is 19.6. The molecule has 36 heavy (non-hydrogen) atoms. The van der Waals surface area contributed by atoms with Gasteiger partial charge in [0.2, 0.25) is 6.79 Å². The molecule has 8 heteroatoms. The van der Waals surface area contributed by atoms with Crippen molar-refractivity contribution in [1.82, 2.24) is 10.3 Å². The highest BCUT2D eigenvalue weighted by molar-refractivity contribution is 5.91. The molecule has 2 N–H and O–H groups in total.